The molecule has 0 unspecified atom stereocenters. The molecule has 0 fully saturated rings. The van der Waals surface area contributed by atoms with E-state index in [1.807, 2.05) is 0 Å². The number of hydrogen-bond donors (Lipinski definition) is 1. The summed E-state index contributed by atoms with van der Waals surface area (Å²) in [6.07, 6.45) is 1.38. The molecule has 1 heterocycles. The zero-order valence-electron chi connectivity index (χ0n) is 9.98. The molecule has 0 saturated heterocycles. The van der Waals surface area contributed by atoms with Crippen molar-refractivity contribution in [2.75, 3.05) is 12.8 Å². The molecule has 0 aliphatic rings. The largest absolute Gasteiger partial charge is 0.465 e. The zero-order valence-corrected chi connectivity index (χ0v) is 11.5. The summed E-state index contributed by atoms with van der Waals surface area (Å²) in [4.78, 5) is 15.5. The predicted octanol–water partition coefficient (Wildman–Crippen LogP) is 3.42. The highest BCUT2D eigenvalue weighted by atomic mass is 35.5. The third kappa shape index (κ3) is 2.80. The van der Waals surface area contributed by atoms with Gasteiger partial charge in [0, 0.05) is 16.8 Å². The molecule has 2 N–H and O–H groups in total. The lowest BCUT2D eigenvalue weighted by Crippen LogP contribution is -2.04. The van der Waals surface area contributed by atoms with Gasteiger partial charge in [0.15, 0.2) is 0 Å². The third-order valence-electron chi connectivity index (χ3n) is 2.52. The molecule has 2 rings (SSSR count). The molecule has 0 bridgehead atoms. The number of esters is 1. The normalized spacial score (nSPS) is 10.3. The molecule has 0 spiro atoms. The van der Waals surface area contributed by atoms with Crippen molar-refractivity contribution in [3.8, 4) is 11.3 Å². The van der Waals surface area contributed by atoms with Crippen LogP contribution in [0.4, 0.5) is 5.69 Å². The molecule has 1 aromatic carbocycles. The van der Waals surface area contributed by atoms with E-state index >= 15 is 0 Å². The van der Waals surface area contributed by atoms with E-state index in [4.69, 9.17) is 28.9 Å². The monoisotopic (exact) mass is 296 g/mol. The minimum atomic E-state index is -0.497. The maximum absolute atomic E-state index is 11.4. The van der Waals surface area contributed by atoms with Crippen molar-refractivity contribution in [2.24, 2.45) is 0 Å². The van der Waals surface area contributed by atoms with Gasteiger partial charge in [0.05, 0.1) is 29.1 Å². The summed E-state index contributed by atoms with van der Waals surface area (Å²) in [5.74, 6) is -0.497. The summed E-state index contributed by atoms with van der Waals surface area (Å²) in [6, 6.07) is 6.49. The van der Waals surface area contributed by atoms with Gasteiger partial charge in [-0.3, -0.25) is 4.98 Å². The van der Waals surface area contributed by atoms with Gasteiger partial charge in [-0.05, 0) is 24.3 Å². The lowest BCUT2D eigenvalue weighted by atomic mass is 10.1. The highest BCUT2D eigenvalue weighted by Gasteiger charge is 2.13. The molecule has 0 amide bonds. The molecule has 0 aliphatic heterocycles. The molecular formula is C13H10Cl2N2O2. The summed E-state index contributed by atoms with van der Waals surface area (Å²) >= 11 is 12.0. The minimum Gasteiger partial charge on any atom is -0.465 e. The molecule has 19 heavy (non-hydrogen) atoms. The van der Waals surface area contributed by atoms with Gasteiger partial charge < -0.3 is 10.5 Å². The van der Waals surface area contributed by atoms with E-state index < -0.39 is 5.97 Å². The molecule has 0 saturated carbocycles. The lowest BCUT2D eigenvalue weighted by molar-refractivity contribution is 0.0600. The smallest absolute Gasteiger partial charge is 0.339 e. The van der Waals surface area contributed by atoms with Gasteiger partial charge in [-0.25, -0.2) is 4.79 Å². The third-order valence-corrected chi connectivity index (χ3v) is 3.09. The SMILES string of the molecule is COC(=O)c1cnc(-c2cc(Cl)ccc2Cl)c(N)c1. The Bertz CT molecular complexity index is 645. The number of aromatic nitrogens is 1. The number of methoxy groups -OCH3 is 1. The summed E-state index contributed by atoms with van der Waals surface area (Å²) in [6.45, 7) is 0. The Morgan fingerprint density at radius 3 is 2.68 bits per heavy atom. The fraction of sp³-hybridized carbons (Fsp3) is 0.0769. The molecule has 4 nitrogen and oxygen atoms in total. The second kappa shape index (κ2) is 5.47. The number of halogens is 2. The number of hydrogen-bond acceptors (Lipinski definition) is 4. The first-order chi connectivity index (χ1) is 9.02. The van der Waals surface area contributed by atoms with Crippen molar-refractivity contribution < 1.29 is 9.53 Å². The van der Waals surface area contributed by atoms with Crippen LogP contribution in [-0.4, -0.2) is 18.1 Å². The predicted molar refractivity (Wildman–Crippen MR) is 75.4 cm³/mol. The Labute approximate surface area is 120 Å². The summed E-state index contributed by atoms with van der Waals surface area (Å²) in [7, 11) is 1.29. The van der Waals surface area contributed by atoms with E-state index in [0.717, 1.165) is 0 Å². The molecule has 2 aromatic rings. The minimum absolute atomic E-state index is 0.280. The van der Waals surface area contributed by atoms with Crippen LogP contribution in [0, 0.1) is 0 Å². The standard InChI is InChI=1S/C13H10Cl2N2O2/c1-19-13(18)7-4-11(16)12(17-6-7)9-5-8(14)2-3-10(9)15/h2-6H,16H2,1H3. The van der Waals surface area contributed by atoms with E-state index in [-0.39, 0.29) is 5.56 Å². The lowest BCUT2D eigenvalue weighted by Gasteiger charge is -2.08. The maximum Gasteiger partial charge on any atom is 0.339 e. The van der Waals surface area contributed by atoms with Gasteiger partial charge in [-0.1, -0.05) is 23.2 Å². The van der Waals surface area contributed by atoms with E-state index in [2.05, 4.69) is 9.72 Å². The van der Waals surface area contributed by atoms with Crippen molar-refractivity contribution in [3.05, 3.63) is 46.1 Å². The van der Waals surface area contributed by atoms with Gasteiger partial charge in [-0.15, -0.1) is 0 Å². The van der Waals surface area contributed by atoms with Crippen molar-refractivity contribution in [2.45, 2.75) is 0 Å². The highest BCUT2D eigenvalue weighted by molar-refractivity contribution is 6.35. The van der Waals surface area contributed by atoms with Gasteiger partial charge in [0.1, 0.15) is 0 Å². The fourth-order valence-corrected chi connectivity index (χ4v) is 1.99. The number of ether oxygens (including phenoxy) is 1. The average molecular weight is 297 g/mol. The molecule has 1 aromatic heterocycles. The van der Waals surface area contributed by atoms with Gasteiger partial charge in [0.2, 0.25) is 0 Å². The fourth-order valence-electron chi connectivity index (χ4n) is 1.62. The number of benzene rings is 1. The highest BCUT2D eigenvalue weighted by Crippen LogP contribution is 2.32. The van der Waals surface area contributed by atoms with Crippen molar-refractivity contribution in [1.82, 2.24) is 4.98 Å². The van der Waals surface area contributed by atoms with E-state index in [1.165, 1.54) is 19.4 Å². The molecular weight excluding hydrogens is 287 g/mol. The second-order valence-corrected chi connectivity index (χ2v) is 4.62. The number of nitrogen functional groups attached to an aromatic ring is 1. The number of carbonyl (C=O) groups is 1. The first kappa shape index (κ1) is 13.6. The average Bonchev–Trinajstić information content (AvgIpc) is 2.41. The quantitative estimate of drug-likeness (QED) is 0.862. The molecule has 6 heteroatoms. The number of nitrogens with two attached hydrogens (primary N) is 1. The van der Waals surface area contributed by atoms with Crippen molar-refractivity contribution in [3.63, 3.8) is 0 Å². The number of pyridine rings is 1. The second-order valence-electron chi connectivity index (χ2n) is 3.78. The van der Waals surface area contributed by atoms with E-state index in [9.17, 15) is 4.79 Å². The molecule has 0 radical (unpaired) electrons. The Kier molecular flexibility index (Phi) is 3.93. The van der Waals surface area contributed by atoms with Crippen LogP contribution < -0.4 is 5.73 Å². The Morgan fingerprint density at radius 1 is 1.32 bits per heavy atom. The first-order valence-electron chi connectivity index (χ1n) is 5.32. The van der Waals surface area contributed by atoms with Crippen molar-refractivity contribution in [1.29, 1.82) is 0 Å². The van der Waals surface area contributed by atoms with Crippen LogP contribution >= 0.6 is 23.2 Å². The Balaban J connectivity index is 2.52. The maximum atomic E-state index is 11.4. The van der Waals surface area contributed by atoms with Crippen LogP contribution in [0.3, 0.4) is 0 Å². The number of nitrogens with zero attached hydrogens (tertiary/aromatic N) is 1. The van der Waals surface area contributed by atoms with Gasteiger partial charge in [0.25, 0.3) is 0 Å². The van der Waals surface area contributed by atoms with Crippen molar-refractivity contribution >= 4 is 34.9 Å². The zero-order chi connectivity index (χ0) is 14.0. The van der Waals surface area contributed by atoms with E-state index in [1.54, 1.807) is 18.2 Å². The first-order valence-corrected chi connectivity index (χ1v) is 6.07. The molecule has 98 valence electrons. The van der Waals surface area contributed by atoms with Crippen LogP contribution in [0.5, 0.6) is 0 Å². The van der Waals surface area contributed by atoms with Gasteiger partial charge in [-0.2, -0.15) is 0 Å². The Morgan fingerprint density at radius 2 is 2.05 bits per heavy atom. The van der Waals surface area contributed by atoms with Crippen LogP contribution in [-0.2, 0) is 4.74 Å². The van der Waals surface area contributed by atoms with Crippen LogP contribution in [0.15, 0.2) is 30.5 Å². The van der Waals surface area contributed by atoms with Crippen LogP contribution in [0.25, 0.3) is 11.3 Å². The number of rotatable bonds is 2. The Hall–Kier alpha value is -1.78. The topological polar surface area (TPSA) is 65.2 Å². The summed E-state index contributed by atoms with van der Waals surface area (Å²) in [5.41, 5.74) is 7.58. The molecule has 0 atom stereocenters. The van der Waals surface area contributed by atoms with Crippen LogP contribution in [0.1, 0.15) is 10.4 Å². The van der Waals surface area contributed by atoms with Gasteiger partial charge >= 0.3 is 5.97 Å². The number of carbonyl (C=O) groups excluding carboxylic acids is 1. The van der Waals surface area contributed by atoms with E-state index in [0.29, 0.717) is 27.0 Å². The molecule has 0 aliphatic carbocycles. The van der Waals surface area contributed by atoms with Crippen LogP contribution in [0.2, 0.25) is 10.0 Å². The summed E-state index contributed by atoms with van der Waals surface area (Å²) < 4.78 is 4.60. The number of anilines is 1. The summed E-state index contributed by atoms with van der Waals surface area (Å²) in [5, 5.41) is 1.01.